The second-order valence-electron chi connectivity index (χ2n) is 7.08. The van der Waals surface area contributed by atoms with E-state index in [0.717, 1.165) is 13.0 Å². The summed E-state index contributed by atoms with van der Waals surface area (Å²) in [5, 5.41) is 2.90. The number of carbonyl (C=O) groups excluding carboxylic acids is 1. The Morgan fingerprint density at radius 2 is 1.42 bits per heavy atom. The van der Waals surface area contributed by atoms with E-state index in [1.807, 2.05) is 20.8 Å². The molecule has 1 N–H and O–H groups in total. The van der Waals surface area contributed by atoms with Crippen LogP contribution in [0.3, 0.4) is 0 Å². The van der Waals surface area contributed by atoms with Gasteiger partial charge >= 0.3 is 0 Å². The Morgan fingerprint density at radius 3 is 1.89 bits per heavy atom. The van der Waals surface area contributed by atoms with Gasteiger partial charge in [-0.3, -0.25) is 4.79 Å². The van der Waals surface area contributed by atoms with Gasteiger partial charge in [0, 0.05) is 18.6 Å². The van der Waals surface area contributed by atoms with E-state index in [1.165, 1.54) is 0 Å². The summed E-state index contributed by atoms with van der Waals surface area (Å²) in [6, 6.07) is 0. The third kappa shape index (κ3) is 15.3. The lowest BCUT2D eigenvalue weighted by Crippen LogP contribution is -2.40. The highest BCUT2D eigenvalue weighted by atomic mass is 16.5. The molecule has 0 aliphatic carbocycles. The summed E-state index contributed by atoms with van der Waals surface area (Å²) in [5.41, 5.74) is 0.138. The van der Waals surface area contributed by atoms with Crippen LogP contribution >= 0.6 is 0 Å². The van der Waals surface area contributed by atoms with E-state index in [1.54, 1.807) is 0 Å². The predicted octanol–water partition coefficient (Wildman–Crippen LogP) is 2.76. The topological polar surface area (TPSA) is 47.6 Å². The van der Waals surface area contributed by atoms with E-state index in [0.29, 0.717) is 31.7 Å². The van der Waals surface area contributed by atoms with Crippen molar-refractivity contribution in [1.82, 2.24) is 5.32 Å². The molecule has 0 fully saturated rings. The van der Waals surface area contributed by atoms with Gasteiger partial charge in [0.2, 0.25) is 5.91 Å². The van der Waals surface area contributed by atoms with Gasteiger partial charge in [-0.15, -0.1) is 0 Å². The molecule has 4 nitrogen and oxygen atoms in total. The lowest BCUT2D eigenvalue weighted by molar-refractivity contribution is -0.123. The van der Waals surface area contributed by atoms with E-state index < -0.39 is 0 Å². The fourth-order valence-electron chi connectivity index (χ4n) is 1.35. The van der Waals surface area contributed by atoms with Gasteiger partial charge in [0.15, 0.2) is 0 Å². The Bertz CT molecular complexity index is 251. The molecule has 0 heterocycles. The number of rotatable bonds is 8. The Morgan fingerprint density at radius 1 is 0.895 bits per heavy atom. The lowest BCUT2D eigenvalue weighted by Gasteiger charge is -2.20. The van der Waals surface area contributed by atoms with Crippen molar-refractivity contribution in [3.05, 3.63) is 0 Å². The summed E-state index contributed by atoms with van der Waals surface area (Å²) in [6.45, 7) is 14.8. The first kappa shape index (κ1) is 18.4. The van der Waals surface area contributed by atoms with Gasteiger partial charge < -0.3 is 14.8 Å². The van der Waals surface area contributed by atoms with E-state index in [2.05, 4.69) is 26.1 Å². The second-order valence-corrected chi connectivity index (χ2v) is 7.08. The molecule has 114 valence electrons. The highest BCUT2D eigenvalue weighted by molar-refractivity contribution is 5.76. The number of amides is 1. The number of hydrogen-bond acceptors (Lipinski definition) is 3. The number of carbonyl (C=O) groups is 1. The van der Waals surface area contributed by atoms with Crippen LogP contribution in [-0.2, 0) is 14.3 Å². The normalized spacial score (nSPS) is 12.5. The Kier molecular flexibility index (Phi) is 8.26. The second kappa shape index (κ2) is 8.54. The fourth-order valence-corrected chi connectivity index (χ4v) is 1.35. The third-order valence-corrected chi connectivity index (χ3v) is 2.36. The maximum absolute atomic E-state index is 11.5. The first-order valence-electron chi connectivity index (χ1n) is 7.07. The maximum Gasteiger partial charge on any atom is 0.222 e. The highest BCUT2D eigenvalue weighted by Gasteiger charge is 2.13. The van der Waals surface area contributed by atoms with Crippen molar-refractivity contribution in [2.45, 2.75) is 59.9 Å². The van der Waals surface area contributed by atoms with Crippen molar-refractivity contribution < 1.29 is 14.3 Å². The van der Waals surface area contributed by atoms with Gasteiger partial charge in [-0.1, -0.05) is 20.8 Å². The largest absolute Gasteiger partial charge is 0.379 e. The molecule has 0 saturated carbocycles. The highest BCUT2D eigenvalue weighted by Crippen LogP contribution is 2.17. The van der Waals surface area contributed by atoms with Crippen molar-refractivity contribution in [1.29, 1.82) is 0 Å². The number of ether oxygens (including phenoxy) is 2. The average Bonchev–Trinajstić information content (AvgIpc) is 2.17. The molecular weight excluding hydrogens is 242 g/mol. The quantitative estimate of drug-likeness (QED) is 0.692. The SMILES string of the molecule is CC(C)(C)CCOCCOCCC(=O)NC(C)(C)C. The smallest absolute Gasteiger partial charge is 0.222 e. The van der Waals surface area contributed by atoms with Crippen LogP contribution in [0.5, 0.6) is 0 Å². The maximum atomic E-state index is 11.5. The molecule has 0 unspecified atom stereocenters. The van der Waals surface area contributed by atoms with Crippen LogP contribution < -0.4 is 5.32 Å². The summed E-state index contributed by atoms with van der Waals surface area (Å²) in [7, 11) is 0. The van der Waals surface area contributed by atoms with E-state index in [-0.39, 0.29) is 11.4 Å². The van der Waals surface area contributed by atoms with E-state index in [4.69, 9.17) is 9.47 Å². The zero-order valence-electron chi connectivity index (χ0n) is 13.5. The van der Waals surface area contributed by atoms with Crippen molar-refractivity contribution in [3.63, 3.8) is 0 Å². The molecule has 0 saturated heterocycles. The molecule has 0 radical (unpaired) electrons. The van der Waals surface area contributed by atoms with Crippen molar-refractivity contribution >= 4 is 5.91 Å². The standard InChI is InChI=1S/C15H31NO3/c1-14(2,3)8-10-19-12-11-18-9-7-13(17)16-15(4,5)6/h7-12H2,1-6H3,(H,16,17). The van der Waals surface area contributed by atoms with Gasteiger partial charge in [0.25, 0.3) is 0 Å². The average molecular weight is 273 g/mol. The Balaban J connectivity index is 3.35. The number of hydrogen-bond donors (Lipinski definition) is 1. The molecule has 19 heavy (non-hydrogen) atoms. The fraction of sp³-hybridized carbons (Fsp3) is 0.933. The van der Waals surface area contributed by atoms with Crippen LogP contribution in [0.1, 0.15) is 54.4 Å². The van der Waals surface area contributed by atoms with Crippen molar-refractivity contribution in [2.75, 3.05) is 26.4 Å². The summed E-state index contributed by atoms with van der Waals surface area (Å²) >= 11 is 0. The molecule has 0 aromatic rings. The van der Waals surface area contributed by atoms with Crippen LogP contribution in [0.15, 0.2) is 0 Å². The lowest BCUT2D eigenvalue weighted by atomic mass is 9.93. The minimum atomic E-state index is -0.173. The van der Waals surface area contributed by atoms with Gasteiger partial charge in [0.05, 0.1) is 19.8 Å². The summed E-state index contributed by atoms with van der Waals surface area (Å²) in [4.78, 5) is 11.5. The van der Waals surface area contributed by atoms with Crippen LogP contribution in [0.4, 0.5) is 0 Å². The van der Waals surface area contributed by atoms with E-state index >= 15 is 0 Å². The minimum Gasteiger partial charge on any atom is -0.379 e. The first-order valence-corrected chi connectivity index (χ1v) is 7.07. The van der Waals surface area contributed by atoms with Gasteiger partial charge in [-0.05, 0) is 32.6 Å². The van der Waals surface area contributed by atoms with Crippen LogP contribution in [0.25, 0.3) is 0 Å². The predicted molar refractivity (Wildman–Crippen MR) is 78.2 cm³/mol. The van der Waals surface area contributed by atoms with Gasteiger partial charge in [-0.25, -0.2) is 0 Å². The monoisotopic (exact) mass is 273 g/mol. The van der Waals surface area contributed by atoms with Crippen LogP contribution in [0, 0.1) is 5.41 Å². The van der Waals surface area contributed by atoms with Crippen LogP contribution in [0.2, 0.25) is 0 Å². The molecule has 0 aromatic heterocycles. The number of nitrogens with one attached hydrogen (secondary N) is 1. The molecule has 0 bridgehead atoms. The Labute approximate surface area is 118 Å². The molecular formula is C15H31NO3. The van der Waals surface area contributed by atoms with E-state index in [9.17, 15) is 4.79 Å². The third-order valence-electron chi connectivity index (χ3n) is 2.36. The molecule has 1 amide bonds. The molecule has 0 aliphatic heterocycles. The summed E-state index contributed by atoms with van der Waals surface area (Å²) < 4.78 is 10.8. The van der Waals surface area contributed by atoms with Crippen molar-refractivity contribution in [2.24, 2.45) is 5.41 Å². The molecule has 0 aliphatic rings. The van der Waals surface area contributed by atoms with Crippen molar-refractivity contribution in [3.8, 4) is 0 Å². The molecule has 0 spiro atoms. The summed E-state index contributed by atoms with van der Waals surface area (Å²) in [6.07, 6.45) is 1.44. The van der Waals surface area contributed by atoms with Crippen LogP contribution in [-0.4, -0.2) is 37.9 Å². The molecule has 0 aromatic carbocycles. The molecule has 0 rings (SSSR count). The first-order chi connectivity index (χ1) is 8.60. The zero-order chi connectivity index (χ0) is 14.9. The van der Waals surface area contributed by atoms with Gasteiger partial charge in [0.1, 0.15) is 0 Å². The zero-order valence-corrected chi connectivity index (χ0v) is 13.5. The molecule has 0 atom stereocenters. The summed E-state index contributed by atoms with van der Waals surface area (Å²) in [5.74, 6) is 0.0288. The minimum absolute atomic E-state index is 0.0288. The molecule has 4 heteroatoms. The Hall–Kier alpha value is -0.610. The van der Waals surface area contributed by atoms with Gasteiger partial charge in [-0.2, -0.15) is 0 Å².